The van der Waals surface area contributed by atoms with Crippen molar-refractivity contribution in [2.24, 2.45) is 0 Å². The lowest BCUT2D eigenvalue weighted by atomic mass is 10.0. The summed E-state index contributed by atoms with van der Waals surface area (Å²) in [5, 5.41) is 3.04. The molecule has 0 bridgehead atoms. The highest BCUT2D eigenvalue weighted by Gasteiger charge is 2.30. The maximum Gasteiger partial charge on any atom is 0.472 e. The van der Waals surface area contributed by atoms with Gasteiger partial charge >= 0.3 is 13.8 Å². The van der Waals surface area contributed by atoms with Crippen molar-refractivity contribution in [1.29, 1.82) is 0 Å². The van der Waals surface area contributed by atoms with Crippen molar-refractivity contribution < 1.29 is 37.3 Å². The number of phosphoric ester groups is 1. The molecule has 0 aliphatic heterocycles. The summed E-state index contributed by atoms with van der Waals surface area (Å²) < 4.78 is 30.7. The SMILES string of the molecule is CC/C=C\C/C=C\C/C=C\C/C=C\C/C=C\C/C=C\CCCCC(=O)NC(COP(=O)(O)OCC[N+](C)(C)C)C(/C=C/CCCCCCCCCCC)OC(=O)CCCCCCCCCCCCCCCCCCCCCCCCC. The summed E-state index contributed by atoms with van der Waals surface area (Å²) in [6, 6.07) is -0.874. The lowest BCUT2D eigenvalue weighted by Gasteiger charge is -2.27. The van der Waals surface area contributed by atoms with E-state index < -0.39 is 20.0 Å². The highest BCUT2D eigenvalue weighted by molar-refractivity contribution is 7.47. The van der Waals surface area contributed by atoms with Gasteiger partial charge < -0.3 is 19.4 Å². The van der Waals surface area contributed by atoms with E-state index >= 15 is 0 Å². The molecule has 0 radical (unpaired) electrons. The number of ether oxygens (including phenoxy) is 1. The molecule has 0 saturated carbocycles. The number of likely N-dealkylation sites (N-methyl/N-ethyl adjacent to an activating group) is 1. The van der Waals surface area contributed by atoms with Crippen molar-refractivity contribution in [3.8, 4) is 0 Å². The summed E-state index contributed by atoms with van der Waals surface area (Å²) in [5.74, 6) is -0.550. The molecule has 0 spiro atoms. The molecule has 0 saturated heterocycles. The Balaban J connectivity index is 5.15. The van der Waals surface area contributed by atoms with Crippen LogP contribution in [0.3, 0.4) is 0 Å². The summed E-state index contributed by atoms with van der Waals surface area (Å²) in [4.78, 5) is 37.8. The molecule has 2 N–H and O–H groups in total. The first-order valence-electron chi connectivity index (χ1n) is 33.9. The van der Waals surface area contributed by atoms with Gasteiger partial charge in [-0.05, 0) is 83.1 Å². The Labute approximate surface area is 501 Å². The fourth-order valence-corrected chi connectivity index (χ4v) is 10.4. The highest BCUT2D eigenvalue weighted by Crippen LogP contribution is 2.43. The molecule has 0 fully saturated rings. The zero-order chi connectivity index (χ0) is 59.3. The van der Waals surface area contributed by atoms with Crippen LogP contribution in [-0.4, -0.2) is 74.3 Å². The van der Waals surface area contributed by atoms with Gasteiger partial charge in [-0.25, -0.2) is 4.57 Å². The van der Waals surface area contributed by atoms with Gasteiger partial charge in [-0.15, -0.1) is 0 Å². The maximum absolute atomic E-state index is 13.6. The lowest BCUT2D eigenvalue weighted by Crippen LogP contribution is -2.47. The van der Waals surface area contributed by atoms with Crippen LogP contribution in [0.5, 0.6) is 0 Å². The molecule has 3 atom stereocenters. The second-order valence-electron chi connectivity index (χ2n) is 24.0. The van der Waals surface area contributed by atoms with Gasteiger partial charge in [0.25, 0.3) is 0 Å². The number of nitrogens with zero attached hydrogens (tertiary/aromatic N) is 1. The van der Waals surface area contributed by atoms with Crippen molar-refractivity contribution in [3.63, 3.8) is 0 Å². The number of phosphoric acid groups is 1. The Morgan fingerprint density at radius 2 is 0.790 bits per heavy atom. The number of esters is 1. The zero-order valence-corrected chi connectivity index (χ0v) is 54.7. The molecule has 0 aliphatic carbocycles. The van der Waals surface area contributed by atoms with Crippen LogP contribution in [0.4, 0.5) is 0 Å². The Hall–Kier alpha value is -2.81. The van der Waals surface area contributed by atoms with E-state index in [1.165, 1.54) is 173 Å². The summed E-state index contributed by atoms with van der Waals surface area (Å²) >= 11 is 0. The van der Waals surface area contributed by atoms with E-state index in [4.69, 9.17) is 13.8 Å². The number of rotatable bonds is 61. The van der Waals surface area contributed by atoms with Gasteiger partial charge in [-0.1, -0.05) is 292 Å². The number of quaternary nitrogens is 1. The Morgan fingerprint density at radius 3 is 1.20 bits per heavy atom. The fraction of sp³-hybridized carbons (Fsp3) is 0.775. The molecule has 0 rings (SSSR count). The minimum absolute atomic E-state index is 0.0295. The molecule has 10 heteroatoms. The quantitative estimate of drug-likeness (QED) is 0.0205. The number of nitrogens with one attached hydrogen (secondary N) is 1. The van der Waals surface area contributed by atoms with Crippen molar-refractivity contribution >= 4 is 19.7 Å². The lowest BCUT2D eigenvalue weighted by molar-refractivity contribution is -0.870. The topological polar surface area (TPSA) is 111 Å². The van der Waals surface area contributed by atoms with E-state index in [2.05, 4.69) is 99.0 Å². The predicted molar refractivity (Wildman–Crippen MR) is 351 cm³/mol. The summed E-state index contributed by atoms with van der Waals surface area (Å²) in [6.45, 7) is 6.88. The number of hydrogen-bond acceptors (Lipinski definition) is 6. The van der Waals surface area contributed by atoms with E-state index in [-0.39, 0.29) is 37.9 Å². The Kier molecular flexibility index (Phi) is 58.2. The van der Waals surface area contributed by atoms with Crippen LogP contribution >= 0.6 is 7.82 Å². The van der Waals surface area contributed by atoms with Crippen LogP contribution in [-0.2, 0) is 27.9 Å². The molecular weight excluding hydrogens is 1020 g/mol. The molecule has 0 aromatic carbocycles. The average molecular weight is 1150 g/mol. The van der Waals surface area contributed by atoms with Crippen LogP contribution < -0.4 is 5.32 Å². The largest absolute Gasteiger partial charge is 0.472 e. The smallest absolute Gasteiger partial charge is 0.456 e. The van der Waals surface area contributed by atoms with Crippen LogP contribution in [0.2, 0.25) is 0 Å². The standard InChI is InChI=1S/C71H129N2O7P/c1-7-10-13-16-19-22-25-27-29-31-33-35-36-38-40-42-44-46-49-52-55-58-61-64-71(75)80-69(62-59-56-53-50-47-24-21-18-15-12-9-3)68(67-79-81(76,77)78-66-65-73(4,5)6)72-70(74)63-60-57-54-51-48-45-43-41-39-37-34-32-30-28-26-23-20-17-14-11-8-2/h11,14,20,23,28,30,34,37,41,43,48,51,59,62,68-69H,7-10,12-13,15-19,21-22,24-27,29,31-33,35-36,38-40,42,44-47,49-50,52-58,60-61,63-67H2,1-6H3,(H-,72,74,76,77)/p+1/b14-11-,23-20-,30-28-,37-34-,43-41-,51-48-,62-59+. The number of allylic oxidation sites excluding steroid dienone is 13. The van der Waals surface area contributed by atoms with Gasteiger partial charge in [0.2, 0.25) is 5.91 Å². The first-order chi connectivity index (χ1) is 39.4. The number of hydrogen-bond donors (Lipinski definition) is 2. The molecule has 0 aromatic heterocycles. The maximum atomic E-state index is 13.6. The fourth-order valence-electron chi connectivity index (χ4n) is 9.65. The number of unbranched alkanes of at least 4 members (excludes halogenated alkanes) is 33. The number of amides is 1. The normalized spacial score (nSPS) is 14.1. The summed E-state index contributed by atoms with van der Waals surface area (Å²) in [6.07, 6.45) is 80.3. The van der Waals surface area contributed by atoms with Crippen molar-refractivity contribution in [3.05, 3.63) is 85.1 Å². The average Bonchev–Trinajstić information content (AvgIpc) is 3.44. The van der Waals surface area contributed by atoms with Crippen molar-refractivity contribution in [2.45, 2.75) is 315 Å². The van der Waals surface area contributed by atoms with Gasteiger partial charge in [0, 0.05) is 12.8 Å². The monoisotopic (exact) mass is 1150 g/mol. The van der Waals surface area contributed by atoms with Crippen LogP contribution in [0.1, 0.15) is 303 Å². The van der Waals surface area contributed by atoms with Gasteiger partial charge in [-0.3, -0.25) is 18.6 Å². The molecular formula is C71H130N2O7P+. The third-order valence-electron chi connectivity index (χ3n) is 14.8. The minimum Gasteiger partial charge on any atom is -0.456 e. The molecule has 0 aliphatic rings. The van der Waals surface area contributed by atoms with Crippen LogP contribution in [0, 0.1) is 0 Å². The molecule has 0 heterocycles. The predicted octanol–water partition coefficient (Wildman–Crippen LogP) is 21.3. The molecule has 9 nitrogen and oxygen atoms in total. The van der Waals surface area contributed by atoms with Gasteiger partial charge in [0.15, 0.2) is 0 Å². The van der Waals surface area contributed by atoms with E-state index in [1.54, 1.807) is 0 Å². The van der Waals surface area contributed by atoms with E-state index in [0.717, 1.165) is 89.9 Å². The van der Waals surface area contributed by atoms with E-state index in [1.807, 2.05) is 33.3 Å². The number of carbonyl (C=O) groups is 2. The van der Waals surface area contributed by atoms with E-state index in [0.29, 0.717) is 17.4 Å². The van der Waals surface area contributed by atoms with Gasteiger partial charge in [-0.2, -0.15) is 0 Å². The summed E-state index contributed by atoms with van der Waals surface area (Å²) in [5.41, 5.74) is 0. The zero-order valence-electron chi connectivity index (χ0n) is 53.8. The Bertz CT molecular complexity index is 1660. The molecule has 3 unspecified atom stereocenters. The van der Waals surface area contributed by atoms with Crippen LogP contribution in [0.15, 0.2) is 85.1 Å². The molecule has 470 valence electrons. The molecule has 1 amide bonds. The Morgan fingerprint density at radius 1 is 0.444 bits per heavy atom. The van der Waals surface area contributed by atoms with Gasteiger partial charge in [0.05, 0.1) is 33.8 Å². The minimum atomic E-state index is -4.47. The second kappa shape index (κ2) is 60.3. The van der Waals surface area contributed by atoms with Gasteiger partial charge in [0.1, 0.15) is 19.3 Å². The van der Waals surface area contributed by atoms with Crippen LogP contribution in [0.25, 0.3) is 0 Å². The third kappa shape index (κ3) is 61.6. The van der Waals surface area contributed by atoms with Crippen molar-refractivity contribution in [2.75, 3.05) is 40.9 Å². The molecule has 0 aromatic rings. The second-order valence-corrected chi connectivity index (χ2v) is 25.4. The number of carbonyl (C=O) groups excluding carboxylic acids is 2. The molecule has 81 heavy (non-hydrogen) atoms. The first kappa shape index (κ1) is 78.2. The third-order valence-corrected chi connectivity index (χ3v) is 15.8. The summed E-state index contributed by atoms with van der Waals surface area (Å²) in [7, 11) is 1.47. The first-order valence-corrected chi connectivity index (χ1v) is 35.4. The highest BCUT2D eigenvalue weighted by atomic mass is 31.2. The van der Waals surface area contributed by atoms with E-state index in [9.17, 15) is 19.0 Å². The van der Waals surface area contributed by atoms with Crippen molar-refractivity contribution in [1.82, 2.24) is 5.32 Å².